The molecule has 2 aromatic carbocycles. The monoisotopic (exact) mass is 391 g/mol. The lowest BCUT2D eigenvalue weighted by Crippen LogP contribution is -2.28. The van der Waals surface area contributed by atoms with Gasteiger partial charge in [0.05, 0.1) is 11.1 Å². The van der Waals surface area contributed by atoms with E-state index in [2.05, 4.69) is 10.1 Å². The third-order valence-corrected chi connectivity index (χ3v) is 5.11. The molecule has 0 unspecified atom stereocenters. The van der Waals surface area contributed by atoms with Gasteiger partial charge in [0, 0.05) is 6.42 Å². The fourth-order valence-corrected chi connectivity index (χ4v) is 3.72. The summed E-state index contributed by atoms with van der Waals surface area (Å²) in [6, 6.07) is 17.0. The Balaban J connectivity index is 1.74. The van der Waals surface area contributed by atoms with Crippen molar-refractivity contribution in [3.05, 3.63) is 96.7 Å². The molecule has 0 fully saturated rings. The van der Waals surface area contributed by atoms with Crippen molar-refractivity contribution in [2.75, 3.05) is 6.61 Å². The molecule has 0 amide bonds. The number of ether oxygens (including phenoxy) is 1. The Hall–Kier alpha value is -3.32. The van der Waals surface area contributed by atoms with Crippen LogP contribution in [0.5, 0.6) is 5.75 Å². The molecule has 4 aromatic rings. The van der Waals surface area contributed by atoms with Gasteiger partial charge in [-0.2, -0.15) is 14.6 Å². The highest BCUT2D eigenvalue weighted by atomic mass is 32.1. The Bertz CT molecular complexity index is 1280. The van der Waals surface area contributed by atoms with E-state index in [-0.39, 0.29) is 11.3 Å². The molecule has 0 atom stereocenters. The molecule has 6 nitrogen and oxygen atoms in total. The molecular weight excluding hydrogens is 374 g/mol. The van der Waals surface area contributed by atoms with Crippen LogP contribution < -0.4 is 20.4 Å². The minimum Gasteiger partial charge on any atom is -0.494 e. The Morgan fingerprint density at radius 1 is 1.07 bits per heavy atom. The zero-order chi connectivity index (χ0) is 19.5. The van der Waals surface area contributed by atoms with Crippen molar-refractivity contribution < 1.29 is 4.74 Å². The Morgan fingerprint density at radius 3 is 2.54 bits per heavy atom. The van der Waals surface area contributed by atoms with Gasteiger partial charge in [-0.05, 0) is 36.3 Å². The van der Waals surface area contributed by atoms with Gasteiger partial charge >= 0.3 is 0 Å². The highest BCUT2D eigenvalue weighted by Crippen LogP contribution is 2.12. The second-order valence-corrected chi connectivity index (χ2v) is 7.15. The first-order valence-corrected chi connectivity index (χ1v) is 9.67. The maximum absolute atomic E-state index is 12.7. The maximum Gasteiger partial charge on any atom is 0.296 e. The molecule has 0 radical (unpaired) electrons. The van der Waals surface area contributed by atoms with Crippen LogP contribution in [0.15, 0.2) is 64.2 Å². The Morgan fingerprint density at radius 2 is 1.82 bits per heavy atom. The summed E-state index contributed by atoms with van der Waals surface area (Å²) in [5.41, 5.74) is 1.37. The molecule has 140 valence electrons. The van der Waals surface area contributed by atoms with Crippen molar-refractivity contribution in [2.24, 2.45) is 0 Å². The van der Waals surface area contributed by atoms with Gasteiger partial charge in [-0.3, -0.25) is 9.59 Å². The van der Waals surface area contributed by atoms with Gasteiger partial charge in [0.15, 0.2) is 0 Å². The summed E-state index contributed by atoms with van der Waals surface area (Å²) in [4.78, 5) is 29.4. The average molecular weight is 391 g/mol. The minimum absolute atomic E-state index is 0.256. The molecule has 0 saturated heterocycles. The number of nitrogens with zero attached hydrogens (tertiary/aromatic N) is 3. The van der Waals surface area contributed by atoms with E-state index in [0.717, 1.165) is 28.2 Å². The third kappa shape index (κ3) is 3.70. The number of thiazole rings is 1. The summed E-state index contributed by atoms with van der Waals surface area (Å²) >= 11 is 1.15. The van der Waals surface area contributed by atoms with Crippen molar-refractivity contribution >= 4 is 22.4 Å². The van der Waals surface area contributed by atoms with Crippen molar-refractivity contribution in [2.45, 2.75) is 13.3 Å². The molecule has 7 heteroatoms. The van der Waals surface area contributed by atoms with Gasteiger partial charge < -0.3 is 4.74 Å². The largest absolute Gasteiger partial charge is 0.494 e. The molecule has 0 aliphatic heterocycles. The number of aromatic nitrogens is 3. The summed E-state index contributed by atoms with van der Waals surface area (Å²) in [6.07, 6.45) is 2.10. The molecule has 0 aliphatic rings. The van der Waals surface area contributed by atoms with Crippen LogP contribution in [0, 0.1) is 0 Å². The molecular formula is C21H17N3O3S. The molecule has 0 bridgehead atoms. The number of fused-ring (bicyclic) bond motifs is 1. The normalized spacial score (nSPS) is 11.8. The lowest BCUT2D eigenvalue weighted by Gasteiger charge is -2.01. The van der Waals surface area contributed by atoms with Gasteiger partial charge in [-0.1, -0.05) is 53.8 Å². The first kappa shape index (κ1) is 18.1. The predicted molar refractivity (Wildman–Crippen MR) is 109 cm³/mol. The van der Waals surface area contributed by atoms with Crippen LogP contribution in [0.25, 0.3) is 11.0 Å². The van der Waals surface area contributed by atoms with E-state index in [9.17, 15) is 9.59 Å². The van der Waals surface area contributed by atoms with Crippen LogP contribution >= 0.6 is 11.3 Å². The van der Waals surface area contributed by atoms with Crippen molar-refractivity contribution in [1.29, 1.82) is 0 Å². The molecule has 0 spiro atoms. The van der Waals surface area contributed by atoms with Crippen molar-refractivity contribution in [1.82, 2.24) is 14.6 Å². The number of hydrogen-bond acceptors (Lipinski definition) is 6. The van der Waals surface area contributed by atoms with Crippen LogP contribution in [0.2, 0.25) is 0 Å². The molecule has 0 aliphatic carbocycles. The van der Waals surface area contributed by atoms with E-state index in [1.165, 1.54) is 4.52 Å². The van der Waals surface area contributed by atoms with Gasteiger partial charge in [0.25, 0.3) is 11.1 Å². The number of rotatable bonds is 5. The van der Waals surface area contributed by atoms with Crippen molar-refractivity contribution in [3.63, 3.8) is 0 Å². The van der Waals surface area contributed by atoms with Gasteiger partial charge in [-0.15, -0.1) is 0 Å². The third-order valence-electron chi connectivity index (χ3n) is 4.15. The molecule has 0 saturated carbocycles. The van der Waals surface area contributed by atoms with E-state index in [1.54, 1.807) is 6.08 Å². The summed E-state index contributed by atoms with van der Waals surface area (Å²) in [5.74, 6) is 0.776. The second-order valence-electron chi connectivity index (χ2n) is 6.14. The highest BCUT2D eigenvalue weighted by molar-refractivity contribution is 7.15. The minimum atomic E-state index is -0.405. The average Bonchev–Trinajstić information content (AvgIpc) is 2.99. The number of hydrogen-bond donors (Lipinski definition) is 0. The van der Waals surface area contributed by atoms with Gasteiger partial charge in [-0.25, -0.2) is 0 Å². The van der Waals surface area contributed by atoms with Gasteiger partial charge in [0.1, 0.15) is 11.4 Å². The lowest BCUT2D eigenvalue weighted by atomic mass is 10.1. The molecule has 2 aromatic heterocycles. The van der Waals surface area contributed by atoms with Gasteiger partial charge in [0.2, 0.25) is 4.96 Å². The van der Waals surface area contributed by atoms with E-state index in [1.807, 2.05) is 61.5 Å². The SMILES string of the molecule is CCOc1ccc(/C=c2/sc3nc(=O)c(Cc4ccccc4)nn3c2=O)cc1. The predicted octanol–water partition coefficient (Wildman–Crippen LogP) is 2.05. The zero-order valence-corrected chi connectivity index (χ0v) is 16.0. The van der Waals surface area contributed by atoms with Crippen LogP contribution in [0.3, 0.4) is 0 Å². The topological polar surface area (TPSA) is 73.6 Å². The Kier molecular flexibility index (Phi) is 4.99. The van der Waals surface area contributed by atoms with E-state index in [0.29, 0.717) is 22.5 Å². The van der Waals surface area contributed by atoms with E-state index >= 15 is 0 Å². The molecule has 0 N–H and O–H groups in total. The fraction of sp³-hybridized carbons (Fsp3) is 0.143. The first-order chi connectivity index (χ1) is 13.6. The van der Waals surface area contributed by atoms with E-state index < -0.39 is 5.56 Å². The standard InChI is InChI=1S/C21H17N3O3S/c1-2-27-16-10-8-15(9-11-16)13-18-20(26)24-21(28-18)22-19(25)17(23-24)12-14-6-4-3-5-7-14/h3-11,13H,2,12H2,1H3/b18-13+. The summed E-state index contributed by atoms with van der Waals surface area (Å²) in [5, 5.41) is 4.27. The molecule has 4 rings (SSSR count). The second kappa shape index (κ2) is 7.74. The zero-order valence-electron chi connectivity index (χ0n) is 15.2. The summed E-state index contributed by atoms with van der Waals surface area (Å²) < 4.78 is 7.11. The van der Waals surface area contributed by atoms with Crippen LogP contribution in [0.4, 0.5) is 0 Å². The summed E-state index contributed by atoms with van der Waals surface area (Å²) in [7, 11) is 0. The van der Waals surface area contributed by atoms with Crippen molar-refractivity contribution in [3.8, 4) is 5.75 Å². The first-order valence-electron chi connectivity index (χ1n) is 8.85. The highest BCUT2D eigenvalue weighted by Gasteiger charge is 2.11. The summed E-state index contributed by atoms with van der Waals surface area (Å²) in [6.45, 7) is 2.52. The molecule has 28 heavy (non-hydrogen) atoms. The smallest absolute Gasteiger partial charge is 0.296 e. The van der Waals surface area contributed by atoms with Crippen LogP contribution in [-0.2, 0) is 6.42 Å². The number of benzene rings is 2. The quantitative estimate of drug-likeness (QED) is 0.521. The fourth-order valence-electron chi connectivity index (χ4n) is 2.82. The van der Waals surface area contributed by atoms with Crippen LogP contribution in [0.1, 0.15) is 23.7 Å². The van der Waals surface area contributed by atoms with Crippen LogP contribution in [-0.4, -0.2) is 21.2 Å². The maximum atomic E-state index is 12.7. The lowest BCUT2D eigenvalue weighted by molar-refractivity contribution is 0.340. The molecule has 2 heterocycles. The Labute approximate surface area is 164 Å². The van der Waals surface area contributed by atoms with E-state index in [4.69, 9.17) is 4.74 Å².